The van der Waals surface area contributed by atoms with Crippen LogP contribution in [0.4, 0.5) is 0 Å². The molecule has 1 N–H and O–H groups in total. The monoisotopic (exact) mass is 314 g/mol. The number of hydrogen-bond acceptors (Lipinski definition) is 5. The Morgan fingerprint density at radius 2 is 2.35 bits per heavy atom. The molecule has 0 saturated heterocycles. The predicted octanol–water partition coefficient (Wildman–Crippen LogP) is 3.19. The van der Waals surface area contributed by atoms with Crippen LogP contribution in [0.2, 0.25) is 0 Å². The molecule has 0 spiro atoms. The van der Waals surface area contributed by atoms with Gasteiger partial charge in [-0.1, -0.05) is 5.16 Å². The lowest BCUT2D eigenvalue weighted by Crippen LogP contribution is -2.11. The number of halogens is 1. The van der Waals surface area contributed by atoms with Crippen LogP contribution in [0.15, 0.2) is 20.4 Å². The maximum atomic E-state index is 9.79. The molecule has 90 valence electrons. The molecule has 3 rings (SSSR count). The summed E-state index contributed by atoms with van der Waals surface area (Å²) >= 11 is 4.96. The zero-order valence-electron chi connectivity index (χ0n) is 8.97. The van der Waals surface area contributed by atoms with E-state index in [1.807, 2.05) is 11.4 Å². The van der Waals surface area contributed by atoms with Gasteiger partial charge in [0.15, 0.2) is 0 Å². The van der Waals surface area contributed by atoms with Gasteiger partial charge in [0.25, 0.3) is 0 Å². The fourth-order valence-corrected chi connectivity index (χ4v) is 3.50. The highest BCUT2D eigenvalue weighted by atomic mass is 79.9. The summed E-state index contributed by atoms with van der Waals surface area (Å²) in [6, 6.07) is 1.96. The van der Waals surface area contributed by atoms with Gasteiger partial charge in [0.1, 0.15) is 0 Å². The maximum Gasteiger partial charge on any atom is 0.232 e. The zero-order chi connectivity index (χ0) is 11.8. The Bertz CT molecular complexity index is 525. The van der Waals surface area contributed by atoms with E-state index in [0.29, 0.717) is 11.7 Å². The number of nitrogens with zero attached hydrogens (tertiary/aromatic N) is 2. The molecule has 0 aromatic carbocycles. The van der Waals surface area contributed by atoms with Crippen LogP contribution in [0, 0.1) is 0 Å². The first kappa shape index (κ1) is 11.4. The first-order valence-electron chi connectivity index (χ1n) is 5.50. The van der Waals surface area contributed by atoms with Crippen LogP contribution >= 0.6 is 27.3 Å². The Hall–Kier alpha value is -0.720. The van der Waals surface area contributed by atoms with Crippen molar-refractivity contribution in [3.8, 4) is 10.7 Å². The van der Waals surface area contributed by atoms with Crippen molar-refractivity contribution in [1.82, 2.24) is 10.1 Å². The van der Waals surface area contributed by atoms with Gasteiger partial charge in [-0.25, -0.2) is 0 Å². The van der Waals surface area contributed by atoms with E-state index in [1.165, 1.54) is 0 Å². The van der Waals surface area contributed by atoms with E-state index in [0.717, 1.165) is 28.6 Å². The summed E-state index contributed by atoms with van der Waals surface area (Å²) in [7, 11) is 0. The third-order valence-electron chi connectivity index (χ3n) is 3.03. The van der Waals surface area contributed by atoms with Crippen LogP contribution in [-0.4, -0.2) is 21.4 Å². The minimum Gasteiger partial charge on any atom is -0.392 e. The molecule has 0 aliphatic heterocycles. The van der Waals surface area contributed by atoms with Gasteiger partial charge in [0.05, 0.1) is 16.9 Å². The number of aliphatic hydroxyl groups is 1. The van der Waals surface area contributed by atoms with Crippen LogP contribution in [0.5, 0.6) is 0 Å². The van der Waals surface area contributed by atoms with E-state index in [-0.39, 0.29) is 12.0 Å². The molecule has 2 heterocycles. The molecule has 1 aliphatic carbocycles. The molecule has 17 heavy (non-hydrogen) atoms. The highest BCUT2D eigenvalue weighted by Crippen LogP contribution is 2.35. The average molecular weight is 315 g/mol. The van der Waals surface area contributed by atoms with Gasteiger partial charge in [-0.15, -0.1) is 11.3 Å². The summed E-state index contributed by atoms with van der Waals surface area (Å²) < 4.78 is 6.27. The van der Waals surface area contributed by atoms with E-state index in [9.17, 15) is 5.11 Å². The molecule has 4 nitrogen and oxygen atoms in total. The largest absolute Gasteiger partial charge is 0.392 e. The van der Waals surface area contributed by atoms with Crippen LogP contribution in [-0.2, 0) is 0 Å². The molecule has 2 aromatic heterocycles. The van der Waals surface area contributed by atoms with Crippen molar-refractivity contribution in [2.24, 2.45) is 0 Å². The summed E-state index contributed by atoms with van der Waals surface area (Å²) in [6.45, 7) is 0. The molecule has 2 unspecified atom stereocenters. The summed E-state index contributed by atoms with van der Waals surface area (Å²) in [5.74, 6) is 1.18. The molecule has 0 bridgehead atoms. The van der Waals surface area contributed by atoms with Crippen molar-refractivity contribution in [2.75, 3.05) is 0 Å². The van der Waals surface area contributed by atoms with Gasteiger partial charge in [-0.3, -0.25) is 0 Å². The molecule has 0 radical (unpaired) electrons. The molecule has 0 amide bonds. The maximum absolute atomic E-state index is 9.79. The number of hydrogen-bond donors (Lipinski definition) is 1. The normalized spacial score (nSPS) is 24.4. The summed E-state index contributed by atoms with van der Waals surface area (Å²) in [6.07, 6.45) is 2.44. The second kappa shape index (κ2) is 4.51. The molecule has 1 saturated carbocycles. The molecule has 6 heteroatoms. The number of thiophene rings is 1. The minimum atomic E-state index is -0.335. The fourth-order valence-electron chi connectivity index (χ4n) is 2.14. The van der Waals surface area contributed by atoms with Gasteiger partial charge < -0.3 is 9.63 Å². The van der Waals surface area contributed by atoms with Crippen LogP contribution in [0.25, 0.3) is 10.7 Å². The quantitative estimate of drug-likeness (QED) is 0.924. The van der Waals surface area contributed by atoms with E-state index in [1.54, 1.807) is 11.3 Å². The number of rotatable bonds is 2. The summed E-state index contributed by atoms with van der Waals surface area (Å²) in [4.78, 5) is 5.35. The predicted molar refractivity (Wildman–Crippen MR) is 67.9 cm³/mol. The van der Waals surface area contributed by atoms with Crippen molar-refractivity contribution in [3.05, 3.63) is 21.8 Å². The third kappa shape index (κ3) is 2.17. The molecule has 2 atom stereocenters. The molecule has 1 fully saturated rings. The van der Waals surface area contributed by atoms with E-state index >= 15 is 0 Å². The molecular formula is C11H11BrN2O2S. The first-order valence-corrected chi connectivity index (χ1v) is 7.17. The Labute approximate surface area is 111 Å². The van der Waals surface area contributed by atoms with E-state index in [2.05, 4.69) is 26.1 Å². The van der Waals surface area contributed by atoms with Gasteiger partial charge in [0.2, 0.25) is 11.7 Å². The Balaban J connectivity index is 1.87. The SMILES string of the molecule is OC1CCCC1c1nc(-c2cc(Br)cs2)no1. The van der Waals surface area contributed by atoms with Crippen LogP contribution in [0.1, 0.15) is 31.1 Å². The van der Waals surface area contributed by atoms with E-state index in [4.69, 9.17) is 4.52 Å². The molecule has 2 aromatic rings. The lowest BCUT2D eigenvalue weighted by Gasteiger charge is -2.07. The zero-order valence-corrected chi connectivity index (χ0v) is 11.4. The minimum absolute atomic E-state index is 0.0136. The fraction of sp³-hybridized carbons (Fsp3) is 0.455. The van der Waals surface area contributed by atoms with Gasteiger partial charge in [-0.05, 0) is 41.3 Å². The molecular weight excluding hydrogens is 304 g/mol. The molecule has 1 aliphatic rings. The lowest BCUT2D eigenvalue weighted by atomic mass is 10.1. The summed E-state index contributed by atoms with van der Waals surface area (Å²) in [5, 5.41) is 15.7. The van der Waals surface area contributed by atoms with Gasteiger partial charge in [0, 0.05) is 9.85 Å². The average Bonchev–Trinajstić information content (AvgIpc) is 2.97. The Morgan fingerprint density at radius 1 is 1.47 bits per heavy atom. The van der Waals surface area contributed by atoms with Gasteiger partial charge >= 0.3 is 0 Å². The summed E-state index contributed by atoms with van der Waals surface area (Å²) in [5.41, 5.74) is 0. The Kier molecular flexibility index (Phi) is 3.02. The van der Waals surface area contributed by atoms with Crippen molar-refractivity contribution >= 4 is 27.3 Å². The first-order chi connectivity index (χ1) is 8.24. The van der Waals surface area contributed by atoms with Crippen molar-refractivity contribution in [2.45, 2.75) is 31.3 Å². The highest BCUT2D eigenvalue weighted by Gasteiger charge is 2.31. The second-order valence-corrected chi connectivity index (χ2v) is 6.02. The smallest absolute Gasteiger partial charge is 0.232 e. The lowest BCUT2D eigenvalue weighted by molar-refractivity contribution is 0.148. The topological polar surface area (TPSA) is 59.2 Å². The van der Waals surface area contributed by atoms with Crippen molar-refractivity contribution in [3.63, 3.8) is 0 Å². The Morgan fingerprint density at radius 3 is 3.00 bits per heavy atom. The van der Waals surface area contributed by atoms with Crippen LogP contribution in [0.3, 0.4) is 0 Å². The second-order valence-electron chi connectivity index (χ2n) is 4.19. The standard InChI is InChI=1S/C11H11BrN2O2S/c12-6-4-9(17-5-6)10-13-11(16-14-10)7-2-1-3-8(7)15/h4-5,7-8,15H,1-3H2. The number of aliphatic hydroxyl groups excluding tert-OH is 1. The van der Waals surface area contributed by atoms with E-state index < -0.39 is 0 Å². The van der Waals surface area contributed by atoms with Crippen LogP contribution < -0.4 is 0 Å². The van der Waals surface area contributed by atoms with Gasteiger partial charge in [-0.2, -0.15) is 4.98 Å². The number of aromatic nitrogens is 2. The highest BCUT2D eigenvalue weighted by molar-refractivity contribution is 9.10. The third-order valence-corrected chi connectivity index (χ3v) is 4.71. The van der Waals surface area contributed by atoms with Crippen molar-refractivity contribution < 1.29 is 9.63 Å². The van der Waals surface area contributed by atoms with Crippen molar-refractivity contribution in [1.29, 1.82) is 0 Å².